The van der Waals surface area contributed by atoms with Gasteiger partial charge in [0.1, 0.15) is 22.3 Å². The first-order chi connectivity index (χ1) is 27.3. The highest BCUT2D eigenvalue weighted by Gasteiger charge is 2.18. The quantitative estimate of drug-likeness (QED) is 0.173. The molecule has 11 rings (SSSR count). The number of furan rings is 2. The van der Waals surface area contributed by atoms with Crippen LogP contribution in [0.2, 0.25) is 0 Å². The highest BCUT2D eigenvalue weighted by molar-refractivity contribution is 6.19. The molecular formula is C52H33NO2. The SMILES string of the molecule is c1ccc(-c2ccc(N(c3ccc(-c4cccc5oc6c7ccccc7ccc6c45)cc3)c3cccc(-c4cccc5c4oc4ccccc45)c3)cc2)cc1. The molecule has 0 aliphatic carbocycles. The molecule has 2 heterocycles. The summed E-state index contributed by atoms with van der Waals surface area (Å²) in [5.74, 6) is 0. The van der Waals surface area contributed by atoms with Crippen molar-refractivity contribution in [2.24, 2.45) is 0 Å². The number of hydrogen-bond acceptors (Lipinski definition) is 3. The summed E-state index contributed by atoms with van der Waals surface area (Å²) in [5.41, 5.74) is 13.6. The fourth-order valence-corrected chi connectivity index (χ4v) is 8.25. The summed E-state index contributed by atoms with van der Waals surface area (Å²) in [4.78, 5) is 2.33. The van der Waals surface area contributed by atoms with E-state index < -0.39 is 0 Å². The molecule has 0 aliphatic heterocycles. The maximum atomic E-state index is 6.52. The number of rotatable bonds is 6. The highest BCUT2D eigenvalue weighted by Crippen LogP contribution is 2.43. The Morgan fingerprint density at radius 1 is 0.309 bits per heavy atom. The molecule has 0 spiro atoms. The minimum Gasteiger partial charge on any atom is -0.455 e. The van der Waals surface area contributed by atoms with Crippen LogP contribution in [0.1, 0.15) is 0 Å². The molecule has 0 atom stereocenters. The average molecular weight is 704 g/mol. The van der Waals surface area contributed by atoms with Gasteiger partial charge in [-0.2, -0.15) is 0 Å². The van der Waals surface area contributed by atoms with Gasteiger partial charge in [-0.1, -0.05) is 146 Å². The molecule has 3 heteroatoms. The van der Waals surface area contributed by atoms with Gasteiger partial charge >= 0.3 is 0 Å². The van der Waals surface area contributed by atoms with Crippen molar-refractivity contribution >= 4 is 71.7 Å². The van der Waals surface area contributed by atoms with Crippen molar-refractivity contribution in [3.05, 3.63) is 200 Å². The fraction of sp³-hybridized carbons (Fsp3) is 0. The number of para-hydroxylation sites is 2. The number of fused-ring (bicyclic) bond motifs is 8. The summed E-state index contributed by atoms with van der Waals surface area (Å²) >= 11 is 0. The second kappa shape index (κ2) is 12.6. The Morgan fingerprint density at radius 2 is 0.909 bits per heavy atom. The third kappa shape index (κ3) is 5.20. The van der Waals surface area contributed by atoms with E-state index in [1.165, 1.54) is 16.5 Å². The molecule has 0 aliphatic rings. The van der Waals surface area contributed by atoms with E-state index in [-0.39, 0.29) is 0 Å². The van der Waals surface area contributed by atoms with Gasteiger partial charge in [-0.25, -0.2) is 0 Å². The van der Waals surface area contributed by atoms with Crippen LogP contribution in [0, 0.1) is 0 Å². The molecule has 11 aromatic rings. The fourth-order valence-electron chi connectivity index (χ4n) is 8.25. The molecular weight excluding hydrogens is 671 g/mol. The molecule has 258 valence electrons. The Morgan fingerprint density at radius 3 is 1.75 bits per heavy atom. The second-order valence-corrected chi connectivity index (χ2v) is 14.1. The Labute approximate surface area is 317 Å². The molecule has 0 saturated heterocycles. The zero-order valence-corrected chi connectivity index (χ0v) is 29.8. The van der Waals surface area contributed by atoms with Gasteiger partial charge in [-0.15, -0.1) is 0 Å². The lowest BCUT2D eigenvalue weighted by molar-refractivity contribution is 0.670. The summed E-state index contributed by atoms with van der Waals surface area (Å²) < 4.78 is 13.0. The molecule has 9 aromatic carbocycles. The van der Waals surface area contributed by atoms with Crippen molar-refractivity contribution in [1.29, 1.82) is 0 Å². The van der Waals surface area contributed by atoms with E-state index in [0.717, 1.165) is 88.6 Å². The lowest BCUT2D eigenvalue weighted by Crippen LogP contribution is -2.10. The maximum Gasteiger partial charge on any atom is 0.143 e. The molecule has 0 N–H and O–H groups in total. The number of nitrogens with zero attached hydrogens (tertiary/aromatic N) is 1. The molecule has 2 aromatic heterocycles. The van der Waals surface area contributed by atoms with Crippen LogP contribution in [0.5, 0.6) is 0 Å². The van der Waals surface area contributed by atoms with Gasteiger partial charge in [0.25, 0.3) is 0 Å². The zero-order chi connectivity index (χ0) is 36.3. The molecule has 3 nitrogen and oxygen atoms in total. The van der Waals surface area contributed by atoms with E-state index in [1.807, 2.05) is 12.1 Å². The van der Waals surface area contributed by atoms with Gasteiger partial charge in [0.2, 0.25) is 0 Å². The van der Waals surface area contributed by atoms with Crippen LogP contribution in [-0.4, -0.2) is 0 Å². The minimum absolute atomic E-state index is 0.893. The Hall–Kier alpha value is -7.36. The Kier molecular flexibility index (Phi) is 7.17. The monoisotopic (exact) mass is 703 g/mol. The summed E-state index contributed by atoms with van der Waals surface area (Å²) in [7, 11) is 0. The summed E-state index contributed by atoms with van der Waals surface area (Å²) in [6.45, 7) is 0. The first-order valence-electron chi connectivity index (χ1n) is 18.7. The molecule has 0 radical (unpaired) electrons. The minimum atomic E-state index is 0.893. The van der Waals surface area contributed by atoms with Crippen LogP contribution in [-0.2, 0) is 0 Å². The van der Waals surface area contributed by atoms with Crippen molar-refractivity contribution in [1.82, 2.24) is 0 Å². The third-order valence-electron chi connectivity index (χ3n) is 10.9. The molecule has 0 bridgehead atoms. The Balaban J connectivity index is 1.04. The molecule has 0 unspecified atom stereocenters. The van der Waals surface area contributed by atoms with E-state index >= 15 is 0 Å². The summed E-state index contributed by atoms with van der Waals surface area (Å²) in [6, 6.07) is 70.9. The number of hydrogen-bond donors (Lipinski definition) is 0. The topological polar surface area (TPSA) is 29.5 Å². The normalized spacial score (nSPS) is 11.6. The molecule has 0 amide bonds. The van der Waals surface area contributed by atoms with Crippen molar-refractivity contribution < 1.29 is 8.83 Å². The average Bonchev–Trinajstić information content (AvgIpc) is 3.84. The van der Waals surface area contributed by atoms with Crippen LogP contribution in [0.4, 0.5) is 17.1 Å². The van der Waals surface area contributed by atoms with Gasteiger partial charge in [0, 0.05) is 49.6 Å². The molecule has 55 heavy (non-hydrogen) atoms. The van der Waals surface area contributed by atoms with Crippen LogP contribution >= 0.6 is 0 Å². The summed E-state index contributed by atoms with van der Waals surface area (Å²) in [5, 5.41) is 6.82. The number of anilines is 3. The van der Waals surface area contributed by atoms with Gasteiger partial charge in [-0.05, 0) is 87.8 Å². The van der Waals surface area contributed by atoms with Gasteiger partial charge in [0.15, 0.2) is 0 Å². The third-order valence-corrected chi connectivity index (χ3v) is 10.9. The van der Waals surface area contributed by atoms with E-state index in [0.29, 0.717) is 0 Å². The Bertz CT molecular complexity index is 3190. The van der Waals surface area contributed by atoms with E-state index in [4.69, 9.17) is 8.83 Å². The van der Waals surface area contributed by atoms with Crippen LogP contribution in [0.25, 0.3) is 88.0 Å². The standard InChI is InChI=1S/C52H33NO2/c1-2-11-34(12-3-1)35-23-28-39(29-24-35)53(41-15-8-14-38(33-41)44-19-9-20-46-45-17-6-7-21-48(45)54-51(44)46)40-30-25-37(26-31-40)42-18-10-22-49-50(42)47-32-27-36-13-4-5-16-43(36)52(47)55-49/h1-33H. The molecule has 0 fully saturated rings. The van der Waals surface area contributed by atoms with Crippen molar-refractivity contribution in [3.63, 3.8) is 0 Å². The van der Waals surface area contributed by atoms with E-state index in [2.05, 4.69) is 193 Å². The maximum absolute atomic E-state index is 6.52. The van der Waals surface area contributed by atoms with E-state index in [1.54, 1.807) is 0 Å². The van der Waals surface area contributed by atoms with Crippen LogP contribution in [0.15, 0.2) is 209 Å². The van der Waals surface area contributed by atoms with Crippen molar-refractivity contribution in [2.75, 3.05) is 4.90 Å². The largest absolute Gasteiger partial charge is 0.455 e. The lowest BCUT2D eigenvalue weighted by atomic mass is 9.97. The van der Waals surface area contributed by atoms with Crippen molar-refractivity contribution in [3.8, 4) is 33.4 Å². The zero-order valence-electron chi connectivity index (χ0n) is 29.8. The first-order valence-corrected chi connectivity index (χ1v) is 18.7. The number of benzene rings is 9. The second-order valence-electron chi connectivity index (χ2n) is 14.1. The van der Waals surface area contributed by atoms with Crippen molar-refractivity contribution in [2.45, 2.75) is 0 Å². The van der Waals surface area contributed by atoms with Gasteiger partial charge < -0.3 is 13.7 Å². The van der Waals surface area contributed by atoms with Gasteiger partial charge in [0.05, 0.1) is 0 Å². The smallest absolute Gasteiger partial charge is 0.143 e. The lowest BCUT2D eigenvalue weighted by Gasteiger charge is -2.26. The van der Waals surface area contributed by atoms with E-state index in [9.17, 15) is 0 Å². The highest BCUT2D eigenvalue weighted by atomic mass is 16.3. The predicted molar refractivity (Wildman–Crippen MR) is 229 cm³/mol. The predicted octanol–water partition coefficient (Wildman–Crippen LogP) is 15.1. The molecule has 0 saturated carbocycles. The van der Waals surface area contributed by atoms with Gasteiger partial charge in [-0.3, -0.25) is 0 Å². The van der Waals surface area contributed by atoms with Crippen LogP contribution < -0.4 is 4.90 Å². The summed E-state index contributed by atoms with van der Waals surface area (Å²) in [6.07, 6.45) is 0. The first kappa shape index (κ1) is 31.2. The van der Waals surface area contributed by atoms with Crippen LogP contribution in [0.3, 0.4) is 0 Å².